The number of carbonyl (C=O) groups is 3. The summed E-state index contributed by atoms with van der Waals surface area (Å²) in [4.78, 5) is 42.3. The van der Waals surface area contributed by atoms with Crippen molar-refractivity contribution in [1.82, 2.24) is 10.3 Å². The second kappa shape index (κ2) is 11.9. The highest BCUT2D eigenvalue weighted by molar-refractivity contribution is 6.11. The zero-order valence-corrected chi connectivity index (χ0v) is 19.3. The number of pyridine rings is 1. The van der Waals surface area contributed by atoms with Gasteiger partial charge in [0.15, 0.2) is 5.78 Å². The summed E-state index contributed by atoms with van der Waals surface area (Å²) < 4.78 is 0. The van der Waals surface area contributed by atoms with Crippen molar-refractivity contribution in [3.05, 3.63) is 143 Å². The third-order valence-corrected chi connectivity index (χ3v) is 5.18. The van der Waals surface area contributed by atoms with Gasteiger partial charge in [0.1, 0.15) is 5.70 Å². The van der Waals surface area contributed by atoms with E-state index in [0.717, 1.165) is 11.1 Å². The lowest BCUT2D eigenvalue weighted by atomic mass is 10.1. The average Bonchev–Trinajstić information content (AvgIpc) is 2.93. The van der Waals surface area contributed by atoms with Crippen LogP contribution >= 0.6 is 0 Å². The Hall–Kier alpha value is -5.10. The van der Waals surface area contributed by atoms with Crippen LogP contribution in [0.1, 0.15) is 31.8 Å². The molecule has 0 bridgehead atoms. The third-order valence-electron chi connectivity index (χ3n) is 5.18. The van der Waals surface area contributed by atoms with Gasteiger partial charge < -0.3 is 10.6 Å². The molecule has 0 saturated heterocycles. The van der Waals surface area contributed by atoms with Gasteiger partial charge in [0.25, 0.3) is 11.8 Å². The second-order valence-corrected chi connectivity index (χ2v) is 7.80. The van der Waals surface area contributed by atoms with Gasteiger partial charge in [0.05, 0.1) is 0 Å². The number of nitrogens with zero attached hydrogens (tertiary/aromatic N) is 1. The number of amides is 2. The number of hydrogen-bond acceptors (Lipinski definition) is 4. The van der Waals surface area contributed by atoms with E-state index in [1.165, 1.54) is 6.08 Å². The molecule has 6 nitrogen and oxygen atoms in total. The standard InChI is InChI=1S/C30H23N3O3/c34-28(18-13-23-10-7-19-31-21-23)24-14-16-26(17-15-24)32-30(36)27(20-22-8-3-1-4-9-22)33-29(35)25-11-5-2-6-12-25/h1-21H,(H,32,36)(H,33,35)/b18-13+,27-20-. The molecule has 3 aromatic carbocycles. The molecule has 0 atom stereocenters. The molecule has 0 radical (unpaired) electrons. The quantitative estimate of drug-likeness (QED) is 0.265. The summed E-state index contributed by atoms with van der Waals surface area (Å²) in [7, 11) is 0. The molecular weight excluding hydrogens is 450 g/mol. The first-order valence-corrected chi connectivity index (χ1v) is 11.3. The third kappa shape index (κ3) is 6.71. The zero-order chi connectivity index (χ0) is 25.2. The van der Waals surface area contributed by atoms with Crippen LogP contribution in [0.15, 0.2) is 121 Å². The van der Waals surface area contributed by atoms with Gasteiger partial charge in [-0.15, -0.1) is 0 Å². The Morgan fingerprint density at radius 3 is 2.03 bits per heavy atom. The number of rotatable bonds is 8. The summed E-state index contributed by atoms with van der Waals surface area (Å²) in [6.07, 6.45) is 8.11. The van der Waals surface area contributed by atoms with Crippen molar-refractivity contribution in [2.24, 2.45) is 0 Å². The van der Waals surface area contributed by atoms with E-state index in [1.54, 1.807) is 79.1 Å². The predicted octanol–water partition coefficient (Wildman–Crippen LogP) is 5.39. The molecule has 2 N–H and O–H groups in total. The predicted molar refractivity (Wildman–Crippen MR) is 141 cm³/mol. The minimum Gasteiger partial charge on any atom is -0.321 e. The number of ketones is 1. The Labute approximate surface area is 209 Å². The molecule has 4 aromatic rings. The molecule has 176 valence electrons. The van der Waals surface area contributed by atoms with E-state index in [-0.39, 0.29) is 11.5 Å². The van der Waals surface area contributed by atoms with Gasteiger partial charge in [-0.3, -0.25) is 19.4 Å². The van der Waals surface area contributed by atoms with Crippen molar-refractivity contribution in [3.8, 4) is 0 Å². The van der Waals surface area contributed by atoms with E-state index in [2.05, 4.69) is 15.6 Å². The van der Waals surface area contributed by atoms with Gasteiger partial charge in [0.2, 0.25) is 0 Å². The number of nitrogens with one attached hydrogen (secondary N) is 2. The summed E-state index contributed by atoms with van der Waals surface area (Å²) >= 11 is 0. The van der Waals surface area contributed by atoms with Crippen molar-refractivity contribution in [3.63, 3.8) is 0 Å². The Bertz CT molecular complexity index is 1400. The van der Waals surface area contributed by atoms with E-state index in [0.29, 0.717) is 16.8 Å². The molecule has 0 saturated carbocycles. The van der Waals surface area contributed by atoms with Gasteiger partial charge in [-0.25, -0.2) is 0 Å². The number of allylic oxidation sites excluding steroid dienone is 1. The molecule has 0 fully saturated rings. The van der Waals surface area contributed by atoms with Gasteiger partial charge in [-0.1, -0.05) is 54.6 Å². The molecule has 1 aromatic heterocycles. The first-order chi connectivity index (χ1) is 17.6. The van der Waals surface area contributed by atoms with Crippen molar-refractivity contribution in [1.29, 1.82) is 0 Å². The van der Waals surface area contributed by atoms with Crippen LogP contribution < -0.4 is 10.6 Å². The first kappa shape index (κ1) is 24.0. The van der Waals surface area contributed by atoms with Gasteiger partial charge >= 0.3 is 0 Å². The highest BCUT2D eigenvalue weighted by Gasteiger charge is 2.15. The Kier molecular flexibility index (Phi) is 7.91. The molecule has 6 heteroatoms. The smallest absolute Gasteiger partial charge is 0.272 e. The minimum atomic E-state index is -0.487. The summed E-state index contributed by atoms with van der Waals surface area (Å²) in [5, 5.41) is 5.49. The molecule has 1 heterocycles. The lowest BCUT2D eigenvalue weighted by molar-refractivity contribution is -0.113. The maximum Gasteiger partial charge on any atom is 0.272 e. The molecule has 36 heavy (non-hydrogen) atoms. The fraction of sp³-hybridized carbons (Fsp3) is 0. The largest absolute Gasteiger partial charge is 0.321 e. The molecule has 2 amide bonds. The van der Waals surface area contributed by atoms with Crippen LogP contribution in [0, 0.1) is 0 Å². The number of carbonyl (C=O) groups excluding carboxylic acids is 3. The molecule has 0 aliphatic carbocycles. The maximum atomic E-state index is 13.1. The summed E-state index contributed by atoms with van der Waals surface area (Å²) in [5.41, 5.74) is 3.08. The van der Waals surface area contributed by atoms with Gasteiger partial charge in [0, 0.05) is 29.2 Å². The van der Waals surface area contributed by atoms with Crippen LogP contribution in [-0.2, 0) is 4.79 Å². The minimum absolute atomic E-state index is 0.0922. The lowest BCUT2D eigenvalue weighted by Gasteiger charge is -2.12. The summed E-state index contributed by atoms with van der Waals surface area (Å²) in [6, 6.07) is 28.1. The highest BCUT2D eigenvalue weighted by Crippen LogP contribution is 2.14. The van der Waals surface area contributed by atoms with Crippen molar-refractivity contribution >= 4 is 35.4 Å². The van der Waals surface area contributed by atoms with E-state index in [1.807, 2.05) is 42.5 Å². The summed E-state index contributed by atoms with van der Waals surface area (Å²) in [5.74, 6) is -1.05. The average molecular weight is 474 g/mol. The van der Waals surface area contributed by atoms with E-state index in [9.17, 15) is 14.4 Å². The van der Waals surface area contributed by atoms with Crippen LogP contribution in [0.3, 0.4) is 0 Å². The monoisotopic (exact) mass is 473 g/mol. The van der Waals surface area contributed by atoms with Gasteiger partial charge in [-0.05, 0) is 71.8 Å². The van der Waals surface area contributed by atoms with Crippen molar-refractivity contribution < 1.29 is 14.4 Å². The van der Waals surface area contributed by atoms with Gasteiger partial charge in [-0.2, -0.15) is 0 Å². The number of aromatic nitrogens is 1. The molecule has 0 spiro atoms. The Balaban J connectivity index is 1.48. The summed E-state index contributed by atoms with van der Waals surface area (Å²) in [6.45, 7) is 0. The van der Waals surface area contributed by atoms with E-state index in [4.69, 9.17) is 0 Å². The first-order valence-electron chi connectivity index (χ1n) is 11.3. The molecule has 0 unspecified atom stereocenters. The van der Waals surface area contributed by atoms with Crippen molar-refractivity contribution in [2.75, 3.05) is 5.32 Å². The van der Waals surface area contributed by atoms with Crippen LogP contribution in [-0.4, -0.2) is 22.6 Å². The molecule has 0 aliphatic rings. The Morgan fingerprint density at radius 2 is 1.36 bits per heavy atom. The highest BCUT2D eigenvalue weighted by atomic mass is 16.2. The van der Waals surface area contributed by atoms with Crippen LogP contribution in [0.5, 0.6) is 0 Å². The topological polar surface area (TPSA) is 88.2 Å². The molecule has 0 aliphatic heterocycles. The zero-order valence-electron chi connectivity index (χ0n) is 19.3. The van der Waals surface area contributed by atoms with E-state index >= 15 is 0 Å². The molecular formula is C30H23N3O3. The normalized spacial score (nSPS) is 11.2. The fourth-order valence-electron chi connectivity index (χ4n) is 3.32. The Morgan fingerprint density at radius 1 is 0.694 bits per heavy atom. The van der Waals surface area contributed by atoms with Crippen LogP contribution in [0.2, 0.25) is 0 Å². The number of hydrogen-bond donors (Lipinski definition) is 2. The maximum absolute atomic E-state index is 13.1. The fourth-order valence-corrected chi connectivity index (χ4v) is 3.32. The van der Waals surface area contributed by atoms with Crippen LogP contribution in [0.4, 0.5) is 5.69 Å². The van der Waals surface area contributed by atoms with Crippen molar-refractivity contribution in [2.45, 2.75) is 0 Å². The number of benzene rings is 3. The van der Waals surface area contributed by atoms with E-state index < -0.39 is 11.8 Å². The van der Waals surface area contributed by atoms with Crippen LogP contribution in [0.25, 0.3) is 12.2 Å². The second-order valence-electron chi connectivity index (χ2n) is 7.80. The molecule has 4 rings (SSSR count). The number of anilines is 1. The SMILES string of the molecule is O=C(Nc1ccc(C(=O)/C=C/c2cccnc2)cc1)/C(=C/c1ccccc1)NC(=O)c1ccccc1. The lowest BCUT2D eigenvalue weighted by Crippen LogP contribution is -2.30.